The predicted octanol–water partition coefficient (Wildman–Crippen LogP) is 3.77. The number of nitrogens with zero attached hydrogens (tertiary/aromatic N) is 1. The topological polar surface area (TPSA) is 57.1 Å². The van der Waals surface area contributed by atoms with E-state index in [4.69, 9.17) is 14.2 Å². The van der Waals surface area contributed by atoms with Crippen LogP contribution in [0.25, 0.3) is 6.08 Å². The number of methoxy groups -OCH3 is 1. The van der Waals surface area contributed by atoms with Crippen LogP contribution in [-0.4, -0.2) is 25.6 Å². The molecule has 0 N–H and O–H groups in total. The van der Waals surface area contributed by atoms with Crippen LogP contribution in [0.15, 0.2) is 59.2 Å². The summed E-state index contributed by atoms with van der Waals surface area (Å²) in [5.41, 5.74) is 2.15. The third-order valence-electron chi connectivity index (χ3n) is 3.71. The summed E-state index contributed by atoms with van der Waals surface area (Å²) in [6.07, 6.45) is 2.14. The molecule has 0 aliphatic carbocycles. The fourth-order valence-electron chi connectivity index (χ4n) is 2.48. The molecule has 25 heavy (non-hydrogen) atoms. The number of rotatable bonds is 6. The molecule has 0 saturated heterocycles. The van der Waals surface area contributed by atoms with Gasteiger partial charge in [-0.2, -0.15) is 0 Å². The Morgan fingerprint density at radius 2 is 1.96 bits per heavy atom. The third kappa shape index (κ3) is 4.26. The van der Waals surface area contributed by atoms with Gasteiger partial charge in [-0.3, -0.25) is 0 Å². The Hall–Kier alpha value is -3.08. The Balaban J connectivity index is 1.64. The average Bonchev–Trinajstić information content (AvgIpc) is 2.95. The number of hydrogen-bond donors (Lipinski definition) is 0. The number of aliphatic imine (C=N–C) groups is 1. The lowest BCUT2D eigenvalue weighted by atomic mass is 10.1. The molecule has 0 fully saturated rings. The van der Waals surface area contributed by atoms with Crippen molar-refractivity contribution in [2.75, 3.05) is 13.7 Å². The summed E-state index contributed by atoms with van der Waals surface area (Å²) < 4.78 is 16.0. The van der Waals surface area contributed by atoms with E-state index in [2.05, 4.69) is 4.99 Å². The summed E-state index contributed by atoms with van der Waals surface area (Å²) in [6.45, 7) is 2.34. The maximum atomic E-state index is 12.0. The Morgan fingerprint density at radius 1 is 1.16 bits per heavy atom. The monoisotopic (exact) mass is 337 g/mol. The van der Waals surface area contributed by atoms with Crippen LogP contribution >= 0.6 is 0 Å². The lowest BCUT2D eigenvalue weighted by Crippen LogP contribution is -2.08. The van der Waals surface area contributed by atoms with Crippen LogP contribution in [0, 0.1) is 6.92 Å². The Morgan fingerprint density at radius 3 is 2.68 bits per heavy atom. The first-order valence-electron chi connectivity index (χ1n) is 7.99. The van der Waals surface area contributed by atoms with Crippen molar-refractivity contribution in [1.29, 1.82) is 0 Å². The molecule has 0 atom stereocenters. The van der Waals surface area contributed by atoms with Gasteiger partial charge in [-0.1, -0.05) is 24.3 Å². The second-order valence-corrected chi connectivity index (χ2v) is 5.57. The molecule has 0 amide bonds. The van der Waals surface area contributed by atoms with E-state index in [1.54, 1.807) is 13.2 Å². The van der Waals surface area contributed by atoms with E-state index >= 15 is 0 Å². The number of benzene rings is 2. The van der Waals surface area contributed by atoms with Crippen LogP contribution in [0.3, 0.4) is 0 Å². The lowest BCUT2D eigenvalue weighted by Gasteiger charge is -2.04. The van der Waals surface area contributed by atoms with E-state index in [1.807, 2.05) is 55.5 Å². The molecule has 3 rings (SSSR count). The summed E-state index contributed by atoms with van der Waals surface area (Å²) in [7, 11) is 1.63. The van der Waals surface area contributed by atoms with E-state index in [1.165, 1.54) is 0 Å². The predicted molar refractivity (Wildman–Crippen MR) is 95.8 cm³/mol. The lowest BCUT2D eigenvalue weighted by molar-refractivity contribution is -0.130. The highest BCUT2D eigenvalue weighted by atomic mass is 16.6. The zero-order chi connectivity index (χ0) is 17.6. The summed E-state index contributed by atoms with van der Waals surface area (Å²) in [6, 6.07) is 15.1. The number of hydrogen-bond acceptors (Lipinski definition) is 5. The fourth-order valence-corrected chi connectivity index (χ4v) is 2.48. The first-order valence-corrected chi connectivity index (χ1v) is 7.99. The van der Waals surface area contributed by atoms with Crippen LogP contribution in [0.4, 0.5) is 0 Å². The summed E-state index contributed by atoms with van der Waals surface area (Å²) in [4.78, 5) is 16.2. The molecule has 0 spiro atoms. The summed E-state index contributed by atoms with van der Waals surface area (Å²) in [5, 5.41) is 0. The standard InChI is InChI=1S/C20H19NO4/c1-14-12-15(8-9-18(14)23-2)13-17-20(22)25-19(21-17)10-11-24-16-6-4-3-5-7-16/h3-9,12-13H,10-11H2,1-2H3/b17-13+. The number of carbonyl (C=O) groups is 1. The molecule has 1 aliphatic rings. The maximum Gasteiger partial charge on any atom is 0.363 e. The van der Waals surface area contributed by atoms with Crippen molar-refractivity contribution in [2.24, 2.45) is 4.99 Å². The quantitative estimate of drug-likeness (QED) is 0.595. The normalized spacial score (nSPS) is 15.0. The minimum atomic E-state index is -0.441. The highest BCUT2D eigenvalue weighted by Gasteiger charge is 2.22. The molecule has 5 nitrogen and oxygen atoms in total. The van der Waals surface area contributed by atoms with Crippen LogP contribution in [-0.2, 0) is 9.53 Å². The molecule has 0 unspecified atom stereocenters. The Kier molecular flexibility index (Phi) is 5.14. The second-order valence-electron chi connectivity index (χ2n) is 5.57. The number of para-hydroxylation sites is 1. The van der Waals surface area contributed by atoms with Crippen molar-refractivity contribution in [3.8, 4) is 11.5 Å². The molecule has 0 bridgehead atoms. The highest BCUT2D eigenvalue weighted by molar-refractivity contribution is 6.07. The van der Waals surface area contributed by atoms with Gasteiger partial charge in [0.25, 0.3) is 0 Å². The Bertz CT molecular complexity index is 825. The maximum absolute atomic E-state index is 12.0. The zero-order valence-corrected chi connectivity index (χ0v) is 14.2. The van der Waals surface area contributed by atoms with Crippen molar-refractivity contribution in [2.45, 2.75) is 13.3 Å². The van der Waals surface area contributed by atoms with Crippen molar-refractivity contribution in [1.82, 2.24) is 0 Å². The van der Waals surface area contributed by atoms with Gasteiger partial charge in [-0.15, -0.1) is 0 Å². The van der Waals surface area contributed by atoms with Gasteiger partial charge < -0.3 is 14.2 Å². The van der Waals surface area contributed by atoms with Crippen LogP contribution < -0.4 is 9.47 Å². The van der Waals surface area contributed by atoms with E-state index in [9.17, 15) is 4.79 Å². The molecular formula is C20H19NO4. The Labute approximate surface area is 146 Å². The van der Waals surface area contributed by atoms with Crippen LogP contribution in [0.5, 0.6) is 11.5 Å². The van der Waals surface area contributed by atoms with Gasteiger partial charge in [-0.25, -0.2) is 9.79 Å². The SMILES string of the molecule is COc1ccc(/C=C2/N=C(CCOc3ccccc3)OC2=O)cc1C. The van der Waals surface area contributed by atoms with Gasteiger partial charge >= 0.3 is 5.97 Å². The van der Waals surface area contributed by atoms with Gasteiger partial charge in [0.2, 0.25) is 5.90 Å². The van der Waals surface area contributed by atoms with E-state index in [0.717, 1.165) is 22.6 Å². The van der Waals surface area contributed by atoms with Gasteiger partial charge in [0, 0.05) is 0 Å². The van der Waals surface area contributed by atoms with Gasteiger partial charge in [-0.05, 0) is 48.4 Å². The number of ether oxygens (including phenoxy) is 3. The van der Waals surface area contributed by atoms with Gasteiger partial charge in [0.1, 0.15) is 11.5 Å². The molecule has 2 aromatic carbocycles. The number of carbonyl (C=O) groups excluding carboxylic acids is 1. The smallest absolute Gasteiger partial charge is 0.363 e. The molecule has 0 saturated carbocycles. The minimum Gasteiger partial charge on any atom is -0.496 e. The minimum absolute atomic E-state index is 0.291. The van der Waals surface area contributed by atoms with Crippen LogP contribution in [0.1, 0.15) is 17.5 Å². The summed E-state index contributed by atoms with van der Waals surface area (Å²) in [5.74, 6) is 1.51. The average molecular weight is 337 g/mol. The van der Waals surface area contributed by atoms with Gasteiger partial charge in [0.05, 0.1) is 20.1 Å². The zero-order valence-electron chi connectivity index (χ0n) is 14.2. The first kappa shape index (κ1) is 16.8. The largest absolute Gasteiger partial charge is 0.496 e. The highest BCUT2D eigenvalue weighted by Crippen LogP contribution is 2.22. The van der Waals surface area contributed by atoms with Crippen molar-refractivity contribution < 1.29 is 19.0 Å². The molecule has 0 aromatic heterocycles. The number of esters is 1. The molecular weight excluding hydrogens is 318 g/mol. The van der Waals surface area contributed by atoms with E-state index in [-0.39, 0.29) is 0 Å². The van der Waals surface area contributed by atoms with E-state index in [0.29, 0.717) is 24.6 Å². The van der Waals surface area contributed by atoms with Crippen LogP contribution in [0.2, 0.25) is 0 Å². The third-order valence-corrected chi connectivity index (χ3v) is 3.71. The number of cyclic esters (lactones) is 1. The molecule has 5 heteroatoms. The van der Waals surface area contributed by atoms with Gasteiger partial charge in [0.15, 0.2) is 5.70 Å². The fraction of sp³-hybridized carbons (Fsp3) is 0.200. The summed E-state index contributed by atoms with van der Waals surface area (Å²) >= 11 is 0. The second kappa shape index (κ2) is 7.66. The first-order chi connectivity index (χ1) is 12.2. The molecule has 1 heterocycles. The molecule has 128 valence electrons. The van der Waals surface area contributed by atoms with Crippen molar-refractivity contribution >= 4 is 17.9 Å². The van der Waals surface area contributed by atoms with Crippen molar-refractivity contribution in [3.05, 3.63) is 65.4 Å². The molecule has 1 aliphatic heterocycles. The molecule has 0 radical (unpaired) electrons. The van der Waals surface area contributed by atoms with Crippen molar-refractivity contribution in [3.63, 3.8) is 0 Å². The van der Waals surface area contributed by atoms with E-state index < -0.39 is 5.97 Å². The molecule has 2 aromatic rings. The number of aryl methyl sites for hydroxylation is 1.